The maximum atomic E-state index is 10.6. The lowest BCUT2D eigenvalue weighted by atomic mass is 10.0. The summed E-state index contributed by atoms with van der Waals surface area (Å²) in [5.74, 6) is -0.829. The lowest BCUT2D eigenvalue weighted by Crippen LogP contribution is -2.43. The normalized spacial score (nSPS) is 44.2. The third kappa shape index (κ3) is 0.602. The highest BCUT2D eigenvalue weighted by Gasteiger charge is 2.63. The second-order valence-corrected chi connectivity index (χ2v) is 2.77. The molecule has 0 amide bonds. The molecule has 0 radical (unpaired) electrons. The molecule has 2 rings (SSSR count). The van der Waals surface area contributed by atoms with Crippen LogP contribution in [0.3, 0.4) is 0 Å². The van der Waals surface area contributed by atoms with Crippen LogP contribution < -0.4 is 5.32 Å². The van der Waals surface area contributed by atoms with E-state index in [4.69, 9.17) is 9.84 Å². The Morgan fingerprint density at radius 1 is 1.80 bits per heavy atom. The third-order valence-electron chi connectivity index (χ3n) is 2.15. The van der Waals surface area contributed by atoms with E-state index in [-0.39, 0.29) is 6.10 Å². The molecule has 0 aromatic rings. The zero-order valence-electron chi connectivity index (χ0n) is 5.46. The third-order valence-corrected chi connectivity index (χ3v) is 2.15. The van der Waals surface area contributed by atoms with E-state index < -0.39 is 11.6 Å². The molecule has 0 bridgehead atoms. The van der Waals surface area contributed by atoms with Crippen LogP contribution in [0.2, 0.25) is 0 Å². The summed E-state index contributed by atoms with van der Waals surface area (Å²) in [5, 5.41) is 11.7. The van der Waals surface area contributed by atoms with Gasteiger partial charge in [0.2, 0.25) is 5.60 Å². The molecular formula is C6H9NO3. The molecule has 0 saturated carbocycles. The second-order valence-electron chi connectivity index (χ2n) is 2.77. The average Bonchev–Trinajstić information content (AvgIpc) is 2.61. The number of ether oxygens (including phenoxy) is 1. The SMILES string of the molecule is O=C(O)[C@@]12CNCC[C@@H]1O2. The van der Waals surface area contributed by atoms with E-state index in [9.17, 15) is 4.79 Å². The van der Waals surface area contributed by atoms with Gasteiger partial charge in [-0.25, -0.2) is 4.79 Å². The van der Waals surface area contributed by atoms with Crippen molar-refractivity contribution in [3.8, 4) is 0 Å². The molecule has 0 aromatic carbocycles. The van der Waals surface area contributed by atoms with Gasteiger partial charge >= 0.3 is 5.97 Å². The summed E-state index contributed by atoms with van der Waals surface area (Å²) in [7, 11) is 0. The van der Waals surface area contributed by atoms with Crippen LogP contribution in [0.5, 0.6) is 0 Å². The number of rotatable bonds is 1. The van der Waals surface area contributed by atoms with Crippen molar-refractivity contribution in [3.63, 3.8) is 0 Å². The van der Waals surface area contributed by atoms with Crippen molar-refractivity contribution in [1.82, 2.24) is 5.32 Å². The largest absolute Gasteiger partial charge is 0.479 e. The summed E-state index contributed by atoms with van der Waals surface area (Å²) in [4.78, 5) is 10.6. The van der Waals surface area contributed by atoms with Crippen LogP contribution in [0.4, 0.5) is 0 Å². The van der Waals surface area contributed by atoms with Crippen molar-refractivity contribution < 1.29 is 14.6 Å². The number of carboxylic acid groups (broad SMARTS) is 1. The Bertz CT molecular complexity index is 182. The minimum absolute atomic E-state index is 0.0220. The molecule has 4 nitrogen and oxygen atoms in total. The summed E-state index contributed by atoms with van der Waals surface area (Å²) in [5.41, 5.74) is -0.849. The van der Waals surface area contributed by atoms with Gasteiger partial charge in [0.05, 0.1) is 0 Å². The molecule has 0 aromatic heterocycles. The first kappa shape index (κ1) is 6.12. The monoisotopic (exact) mass is 143 g/mol. The van der Waals surface area contributed by atoms with Crippen LogP contribution in [0, 0.1) is 0 Å². The fourth-order valence-corrected chi connectivity index (χ4v) is 1.44. The van der Waals surface area contributed by atoms with Crippen LogP contribution in [0.1, 0.15) is 6.42 Å². The molecule has 56 valence electrons. The van der Waals surface area contributed by atoms with E-state index in [0.717, 1.165) is 13.0 Å². The Balaban J connectivity index is 2.12. The molecule has 2 fully saturated rings. The number of aliphatic carboxylic acids is 1. The highest BCUT2D eigenvalue weighted by molar-refractivity contribution is 5.82. The standard InChI is InChI=1S/C6H9NO3/c8-5(9)6-3-7-2-1-4(6)10-6/h4,7H,1-3H2,(H,8,9)/t4-,6+/m0/s1. The van der Waals surface area contributed by atoms with Crippen molar-refractivity contribution in [2.24, 2.45) is 0 Å². The van der Waals surface area contributed by atoms with Crippen LogP contribution in [0.25, 0.3) is 0 Å². The molecule has 10 heavy (non-hydrogen) atoms. The fraction of sp³-hybridized carbons (Fsp3) is 0.833. The Morgan fingerprint density at radius 3 is 3.10 bits per heavy atom. The maximum absolute atomic E-state index is 10.6. The Kier molecular flexibility index (Phi) is 1.04. The highest BCUT2D eigenvalue weighted by atomic mass is 16.6. The zero-order valence-corrected chi connectivity index (χ0v) is 5.46. The first-order chi connectivity index (χ1) is 4.76. The zero-order chi connectivity index (χ0) is 7.19. The minimum atomic E-state index is -0.849. The molecule has 4 heteroatoms. The van der Waals surface area contributed by atoms with Gasteiger partial charge in [-0.2, -0.15) is 0 Å². The first-order valence-electron chi connectivity index (χ1n) is 3.38. The van der Waals surface area contributed by atoms with Gasteiger partial charge in [-0.15, -0.1) is 0 Å². The highest BCUT2D eigenvalue weighted by Crippen LogP contribution is 2.40. The van der Waals surface area contributed by atoms with E-state index >= 15 is 0 Å². The van der Waals surface area contributed by atoms with E-state index in [2.05, 4.69) is 5.32 Å². The molecule has 2 aliphatic heterocycles. The fourth-order valence-electron chi connectivity index (χ4n) is 1.44. The molecule has 0 spiro atoms. The maximum Gasteiger partial charge on any atom is 0.340 e. The quantitative estimate of drug-likeness (QED) is 0.472. The Labute approximate surface area is 58.2 Å². The summed E-state index contributed by atoms with van der Waals surface area (Å²) in [6.45, 7) is 1.34. The van der Waals surface area contributed by atoms with E-state index in [1.807, 2.05) is 0 Å². The average molecular weight is 143 g/mol. The van der Waals surface area contributed by atoms with Gasteiger partial charge in [0.1, 0.15) is 6.10 Å². The lowest BCUT2D eigenvalue weighted by molar-refractivity contribution is -0.143. The van der Waals surface area contributed by atoms with Gasteiger partial charge < -0.3 is 15.2 Å². The summed E-state index contributed by atoms with van der Waals surface area (Å²) in [6.07, 6.45) is 0.804. The molecule has 2 aliphatic rings. The number of hydrogen-bond donors (Lipinski definition) is 2. The first-order valence-corrected chi connectivity index (χ1v) is 3.38. The predicted octanol–water partition coefficient (Wildman–Crippen LogP) is -0.798. The predicted molar refractivity (Wildman–Crippen MR) is 32.7 cm³/mol. The number of fused-ring (bicyclic) bond motifs is 1. The molecular weight excluding hydrogens is 134 g/mol. The second kappa shape index (κ2) is 1.71. The summed E-state index contributed by atoms with van der Waals surface area (Å²) < 4.78 is 5.06. The number of hydrogen-bond acceptors (Lipinski definition) is 3. The Morgan fingerprint density at radius 2 is 2.60 bits per heavy atom. The lowest BCUT2D eigenvalue weighted by Gasteiger charge is -2.13. The number of carboxylic acids is 1. The number of carbonyl (C=O) groups is 1. The van der Waals surface area contributed by atoms with E-state index in [1.54, 1.807) is 0 Å². The number of epoxide rings is 1. The smallest absolute Gasteiger partial charge is 0.340 e. The molecule has 2 saturated heterocycles. The van der Waals surface area contributed by atoms with Gasteiger partial charge in [0.25, 0.3) is 0 Å². The number of nitrogens with one attached hydrogen (secondary N) is 1. The van der Waals surface area contributed by atoms with Gasteiger partial charge in [0.15, 0.2) is 0 Å². The van der Waals surface area contributed by atoms with Crippen LogP contribution in [0.15, 0.2) is 0 Å². The minimum Gasteiger partial charge on any atom is -0.479 e. The van der Waals surface area contributed by atoms with E-state index in [1.165, 1.54) is 0 Å². The van der Waals surface area contributed by atoms with Crippen LogP contribution in [-0.4, -0.2) is 35.9 Å². The van der Waals surface area contributed by atoms with Gasteiger partial charge in [-0.3, -0.25) is 0 Å². The van der Waals surface area contributed by atoms with Gasteiger partial charge in [-0.1, -0.05) is 0 Å². The summed E-state index contributed by atoms with van der Waals surface area (Å²) in [6, 6.07) is 0. The van der Waals surface area contributed by atoms with Crippen LogP contribution in [-0.2, 0) is 9.53 Å². The molecule has 2 atom stereocenters. The Hall–Kier alpha value is -0.610. The van der Waals surface area contributed by atoms with Gasteiger partial charge in [0, 0.05) is 6.54 Å². The van der Waals surface area contributed by atoms with Crippen molar-refractivity contribution in [2.45, 2.75) is 18.1 Å². The molecule has 2 heterocycles. The molecule has 0 aliphatic carbocycles. The number of piperidine rings is 1. The van der Waals surface area contributed by atoms with Crippen LogP contribution >= 0.6 is 0 Å². The molecule has 2 N–H and O–H groups in total. The topological polar surface area (TPSA) is 61.9 Å². The van der Waals surface area contributed by atoms with Crippen molar-refractivity contribution >= 4 is 5.97 Å². The van der Waals surface area contributed by atoms with Crippen molar-refractivity contribution in [2.75, 3.05) is 13.1 Å². The summed E-state index contributed by atoms with van der Waals surface area (Å²) >= 11 is 0. The van der Waals surface area contributed by atoms with E-state index in [0.29, 0.717) is 6.54 Å². The molecule has 0 unspecified atom stereocenters. The van der Waals surface area contributed by atoms with Gasteiger partial charge in [-0.05, 0) is 13.0 Å². The van der Waals surface area contributed by atoms with Crippen molar-refractivity contribution in [1.29, 1.82) is 0 Å². The van der Waals surface area contributed by atoms with Crippen molar-refractivity contribution in [3.05, 3.63) is 0 Å².